The van der Waals surface area contributed by atoms with Crippen LogP contribution in [0.2, 0.25) is 0 Å². The number of carbonyl (C=O) groups is 1. The number of piperidine rings is 2. The van der Waals surface area contributed by atoms with Crippen molar-refractivity contribution in [3.63, 3.8) is 0 Å². The van der Waals surface area contributed by atoms with Crippen LogP contribution in [0.25, 0.3) is 0 Å². The van der Waals surface area contributed by atoms with Crippen LogP contribution in [0.1, 0.15) is 38.5 Å². The molecule has 1 N–H and O–H groups in total. The van der Waals surface area contributed by atoms with Crippen LogP contribution in [0.4, 0.5) is 5.69 Å². The number of aromatic nitrogens is 2. The Morgan fingerprint density at radius 2 is 2.05 bits per heavy atom. The Morgan fingerprint density at radius 3 is 2.82 bits per heavy atom. The van der Waals surface area contributed by atoms with Gasteiger partial charge in [-0.15, -0.1) is 0 Å². The Labute approximate surface area is 130 Å². The minimum atomic E-state index is -0.177. The van der Waals surface area contributed by atoms with Crippen LogP contribution in [0, 0.1) is 5.92 Å². The molecule has 3 rings (SSSR count). The summed E-state index contributed by atoms with van der Waals surface area (Å²) in [6.45, 7) is 3.62. The van der Waals surface area contributed by atoms with Crippen LogP contribution < -0.4 is 10.5 Å². The van der Waals surface area contributed by atoms with Crippen LogP contribution in [0.5, 0.6) is 0 Å². The lowest BCUT2D eigenvalue weighted by Crippen LogP contribution is -2.41. The maximum atomic E-state index is 12.4. The van der Waals surface area contributed by atoms with Crippen molar-refractivity contribution >= 4 is 11.6 Å². The molecular formula is C16H24N4O2. The van der Waals surface area contributed by atoms with Crippen LogP contribution in [0.15, 0.2) is 17.1 Å². The zero-order chi connectivity index (χ0) is 15.4. The van der Waals surface area contributed by atoms with Gasteiger partial charge in [-0.1, -0.05) is 0 Å². The number of likely N-dealkylation sites (tertiary alicyclic amines) is 1. The number of H-pyrrole nitrogens is 1. The van der Waals surface area contributed by atoms with Crippen molar-refractivity contribution in [2.45, 2.75) is 38.5 Å². The first-order valence-corrected chi connectivity index (χ1v) is 8.30. The average Bonchev–Trinajstić information content (AvgIpc) is 2.56. The van der Waals surface area contributed by atoms with Crippen LogP contribution in [-0.2, 0) is 4.79 Å². The second kappa shape index (κ2) is 6.94. The van der Waals surface area contributed by atoms with E-state index in [1.807, 2.05) is 4.90 Å². The molecule has 0 aliphatic carbocycles. The Bertz CT molecular complexity index is 565. The predicted molar refractivity (Wildman–Crippen MR) is 84.8 cm³/mol. The lowest BCUT2D eigenvalue weighted by Gasteiger charge is -2.35. The smallest absolute Gasteiger partial charge is 0.266 e. The van der Waals surface area contributed by atoms with Gasteiger partial charge in [0.2, 0.25) is 5.91 Å². The van der Waals surface area contributed by atoms with E-state index in [-0.39, 0.29) is 5.56 Å². The number of anilines is 1. The van der Waals surface area contributed by atoms with Gasteiger partial charge < -0.3 is 9.80 Å². The topological polar surface area (TPSA) is 69.3 Å². The number of nitrogens with one attached hydrogen (secondary N) is 1. The van der Waals surface area contributed by atoms with Crippen LogP contribution in [0.3, 0.4) is 0 Å². The molecule has 3 heterocycles. The van der Waals surface area contributed by atoms with Gasteiger partial charge in [-0.3, -0.25) is 9.59 Å². The molecule has 6 heteroatoms. The van der Waals surface area contributed by atoms with Crippen molar-refractivity contribution in [3.05, 3.63) is 22.6 Å². The summed E-state index contributed by atoms with van der Waals surface area (Å²) in [5.74, 6) is 0.679. The summed E-state index contributed by atoms with van der Waals surface area (Å²) in [6, 6.07) is 1.59. The van der Waals surface area contributed by atoms with Gasteiger partial charge in [-0.25, -0.2) is 5.10 Å². The van der Waals surface area contributed by atoms with E-state index in [1.165, 1.54) is 6.42 Å². The third kappa shape index (κ3) is 3.67. The second-order valence-corrected chi connectivity index (χ2v) is 6.40. The minimum absolute atomic E-state index is 0.177. The van der Waals surface area contributed by atoms with Crippen LogP contribution >= 0.6 is 0 Å². The van der Waals surface area contributed by atoms with Gasteiger partial charge in [0.05, 0.1) is 11.9 Å². The van der Waals surface area contributed by atoms with E-state index in [4.69, 9.17) is 0 Å². The molecule has 0 radical (unpaired) electrons. The van der Waals surface area contributed by atoms with Crippen molar-refractivity contribution in [2.24, 2.45) is 5.92 Å². The van der Waals surface area contributed by atoms with E-state index in [1.54, 1.807) is 12.3 Å². The van der Waals surface area contributed by atoms with E-state index in [2.05, 4.69) is 15.1 Å². The number of rotatable bonds is 3. The van der Waals surface area contributed by atoms with Crippen molar-refractivity contribution in [2.75, 3.05) is 31.1 Å². The SMILES string of the molecule is O=C(CC1CCCN(c2cn[nH]c(=O)c2)C1)N1CCCCC1. The third-order valence-electron chi connectivity index (χ3n) is 4.71. The number of carbonyl (C=O) groups excluding carboxylic acids is 1. The molecule has 120 valence electrons. The molecule has 2 saturated heterocycles. The summed E-state index contributed by atoms with van der Waals surface area (Å²) in [7, 11) is 0. The molecule has 0 aromatic carbocycles. The van der Waals surface area contributed by atoms with Crippen molar-refractivity contribution in [1.82, 2.24) is 15.1 Å². The van der Waals surface area contributed by atoms with Gasteiger partial charge in [-0.2, -0.15) is 5.10 Å². The number of hydrogen-bond donors (Lipinski definition) is 1. The Balaban J connectivity index is 1.58. The molecule has 1 unspecified atom stereocenters. The highest BCUT2D eigenvalue weighted by Crippen LogP contribution is 2.24. The standard InChI is InChI=1S/C16H24N4O2/c21-15-10-14(11-17-18-15)20-8-4-5-13(12-20)9-16(22)19-6-2-1-3-7-19/h10-11,13H,1-9,12H2,(H,18,21). The highest BCUT2D eigenvalue weighted by atomic mass is 16.2. The maximum absolute atomic E-state index is 12.4. The lowest BCUT2D eigenvalue weighted by molar-refractivity contribution is -0.133. The van der Waals surface area contributed by atoms with Gasteiger partial charge in [0, 0.05) is 38.7 Å². The fourth-order valence-electron chi connectivity index (χ4n) is 3.52. The zero-order valence-electron chi connectivity index (χ0n) is 13.0. The molecule has 6 nitrogen and oxygen atoms in total. The van der Waals surface area contributed by atoms with Crippen molar-refractivity contribution in [1.29, 1.82) is 0 Å². The van der Waals surface area contributed by atoms with Crippen molar-refractivity contribution in [3.8, 4) is 0 Å². The number of hydrogen-bond acceptors (Lipinski definition) is 4. The molecule has 22 heavy (non-hydrogen) atoms. The molecule has 1 amide bonds. The summed E-state index contributed by atoms with van der Waals surface area (Å²) in [5, 5.41) is 6.27. The molecule has 1 aromatic rings. The summed E-state index contributed by atoms with van der Waals surface area (Å²) in [4.78, 5) is 28.0. The fraction of sp³-hybridized carbons (Fsp3) is 0.688. The predicted octanol–water partition coefficient (Wildman–Crippen LogP) is 1.39. The Morgan fingerprint density at radius 1 is 1.23 bits per heavy atom. The van der Waals surface area contributed by atoms with E-state index in [0.717, 1.165) is 57.5 Å². The van der Waals surface area contributed by atoms with Gasteiger partial charge in [0.1, 0.15) is 0 Å². The minimum Gasteiger partial charge on any atom is -0.370 e. The first kappa shape index (κ1) is 15.1. The van der Waals surface area contributed by atoms with E-state index >= 15 is 0 Å². The molecule has 2 aliphatic rings. The van der Waals surface area contributed by atoms with Gasteiger partial charge in [0.15, 0.2) is 0 Å². The van der Waals surface area contributed by atoms with Gasteiger partial charge in [-0.05, 0) is 38.0 Å². The number of aromatic amines is 1. The Hall–Kier alpha value is -1.85. The van der Waals surface area contributed by atoms with E-state index < -0.39 is 0 Å². The summed E-state index contributed by atoms with van der Waals surface area (Å²) >= 11 is 0. The molecule has 2 aliphatic heterocycles. The van der Waals surface area contributed by atoms with Crippen molar-refractivity contribution < 1.29 is 4.79 Å². The first-order chi connectivity index (χ1) is 10.7. The van der Waals surface area contributed by atoms with E-state index in [0.29, 0.717) is 18.2 Å². The number of amides is 1. The largest absolute Gasteiger partial charge is 0.370 e. The molecular weight excluding hydrogens is 280 g/mol. The highest BCUT2D eigenvalue weighted by molar-refractivity contribution is 5.76. The molecule has 2 fully saturated rings. The number of nitrogens with zero attached hydrogens (tertiary/aromatic N) is 3. The highest BCUT2D eigenvalue weighted by Gasteiger charge is 2.25. The molecule has 0 saturated carbocycles. The molecule has 1 atom stereocenters. The van der Waals surface area contributed by atoms with E-state index in [9.17, 15) is 9.59 Å². The first-order valence-electron chi connectivity index (χ1n) is 8.30. The molecule has 1 aromatic heterocycles. The average molecular weight is 304 g/mol. The quantitative estimate of drug-likeness (QED) is 0.916. The normalized spacial score (nSPS) is 22.6. The molecule has 0 spiro atoms. The van der Waals surface area contributed by atoms with Gasteiger partial charge >= 0.3 is 0 Å². The second-order valence-electron chi connectivity index (χ2n) is 6.40. The maximum Gasteiger partial charge on any atom is 0.266 e. The summed E-state index contributed by atoms with van der Waals surface area (Å²) in [5.41, 5.74) is 0.683. The fourth-order valence-corrected chi connectivity index (χ4v) is 3.52. The third-order valence-corrected chi connectivity index (χ3v) is 4.71. The Kier molecular flexibility index (Phi) is 4.75. The molecule has 0 bridgehead atoms. The summed E-state index contributed by atoms with van der Waals surface area (Å²) < 4.78 is 0. The lowest BCUT2D eigenvalue weighted by atomic mass is 9.93. The zero-order valence-corrected chi connectivity index (χ0v) is 13.0. The monoisotopic (exact) mass is 304 g/mol. The van der Waals surface area contributed by atoms with Crippen LogP contribution in [-0.4, -0.2) is 47.2 Å². The summed E-state index contributed by atoms with van der Waals surface area (Å²) in [6.07, 6.45) is 8.00. The van der Waals surface area contributed by atoms with Gasteiger partial charge in [0.25, 0.3) is 5.56 Å².